The zero-order valence-electron chi connectivity index (χ0n) is 13.2. The minimum atomic E-state index is 0.246. The highest BCUT2D eigenvalue weighted by Gasteiger charge is 2.58. The first-order chi connectivity index (χ1) is 10.1. The van der Waals surface area contributed by atoms with Crippen LogP contribution in [0.4, 0.5) is 0 Å². The molecule has 3 nitrogen and oxygen atoms in total. The third-order valence-electron chi connectivity index (χ3n) is 6.66. The van der Waals surface area contributed by atoms with Crippen molar-refractivity contribution in [2.75, 3.05) is 20.8 Å². The highest BCUT2D eigenvalue weighted by Crippen LogP contribution is 2.57. The average Bonchev–Trinajstić information content (AvgIpc) is 2.50. The Hall–Kier alpha value is -1.06. The average molecular weight is 287 g/mol. The number of rotatable bonds is 2. The van der Waals surface area contributed by atoms with Gasteiger partial charge < -0.3 is 9.84 Å². The van der Waals surface area contributed by atoms with E-state index in [1.807, 2.05) is 0 Å². The lowest BCUT2D eigenvalue weighted by atomic mass is 9.50. The van der Waals surface area contributed by atoms with E-state index < -0.39 is 0 Å². The molecule has 1 aromatic rings. The van der Waals surface area contributed by atoms with Gasteiger partial charge in [0.05, 0.1) is 7.11 Å². The normalized spacial score (nSPS) is 41.0. The lowest BCUT2D eigenvalue weighted by molar-refractivity contribution is -0.0993. The summed E-state index contributed by atoms with van der Waals surface area (Å²) in [6.45, 7) is 2.77. The lowest BCUT2D eigenvalue weighted by Gasteiger charge is -2.64. The van der Waals surface area contributed by atoms with Crippen LogP contribution in [-0.4, -0.2) is 42.9 Å². The summed E-state index contributed by atoms with van der Waals surface area (Å²) in [5, 5.41) is 9.71. The summed E-state index contributed by atoms with van der Waals surface area (Å²) in [6, 6.07) is 7.78. The molecule has 21 heavy (non-hydrogen) atoms. The van der Waals surface area contributed by atoms with Gasteiger partial charge in [0.25, 0.3) is 0 Å². The van der Waals surface area contributed by atoms with Gasteiger partial charge in [0.1, 0.15) is 5.75 Å². The predicted molar refractivity (Wildman–Crippen MR) is 82.7 cm³/mol. The van der Waals surface area contributed by atoms with Crippen molar-refractivity contribution in [1.82, 2.24) is 4.90 Å². The second-order valence-corrected chi connectivity index (χ2v) is 7.43. The molecule has 4 bridgehead atoms. The standard InChI is InChI=1S/C18H25NO2/c1-18-9-17-12(10-20)6-15(18)16(19(17)2)7-11-4-5-13(21-3)8-14(11)18/h4-5,8,12,15-17,20H,6-7,9-10H2,1-3H3. The van der Waals surface area contributed by atoms with Crippen LogP contribution in [0, 0.1) is 11.8 Å². The molecule has 2 saturated heterocycles. The van der Waals surface area contributed by atoms with Gasteiger partial charge in [-0.3, -0.25) is 4.90 Å². The molecule has 2 aliphatic carbocycles. The predicted octanol–water partition coefficient (Wildman–Crippen LogP) is 2.21. The summed E-state index contributed by atoms with van der Waals surface area (Å²) in [5.74, 6) is 2.09. The van der Waals surface area contributed by atoms with E-state index in [2.05, 4.69) is 37.1 Å². The van der Waals surface area contributed by atoms with Gasteiger partial charge in [0.15, 0.2) is 0 Å². The summed E-state index contributed by atoms with van der Waals surface area (Å²) in [6.07, 6.45) is 3.48. The Labute approximate surface area is 126 Å². The number of fused-ring (bicyclic) bond motifs is 2. The number of ether oxygens (including phenoxy) is 1. The molecule has 3 fully saturated rings. The van der Waals surface area contributed by atoms with Gasteiger partial charge in [-0.1, -0.05) is 13.0 Å². The van der Waals surface area contributed by atoms with Gasteiger partial charge in [-0.15, -0.1) is 0 Å². The van der Waals surface area contributed by atoms with Gasteiger partial charge in [0.2, 0.25) is 0 Å². The zero-order chi connectivity index (χ0) is 14.8. The van der Waals surface area contributed by atoms with Crippen molar-refractivity contribution >= 4 is 0 Å². The van der Waals surface area contributed by atoms with Crippen LogP contribution in [-0.2, 0) is 11.8 Å². The maximum absolute atomic E-state index is 9.71. The smallest absolute Gasteiger partial charge is 0.119 e. The van der Waals surface area contributed by atoms with E-state index in [4.69, 9.17) is 4.74 Å². The van der Waals surface area contributed by atoms with Crippen LogP contribution in [0.25, 0.3) is 0 Å². The molecule has 4 aliphatic rings. The SMILES string of the molecule is COc1ccc2c(c1)C1(C)CC3C(CO)CC1C(C2)N3C. The lowest BCUT2D eigenvalue weighted by Crippen LogP contribution is -2.68. The molecule has 1 saturated carbocycles. The highest BCUT2D eigenvalue weighted by atomic mass is 16.5. The minimum Gasteiger partial charge on any atom is -0.497 e. The molecular formula is C18H25NO2. The summed E-state index contributed by atoms with van der Waals surface area (Å²) in [5.41, 5.74) is 3.24. The maximum Gasteiger partial charge on any atom is 0.119 e. The van der Waals surface area contributed by atoms with E-state index in [-0.39, 0.29) is 5.41 Å². The molecule has 1 aromatic carbocycles. The Bertz CT molecular complexity index is 572. The summed E-state index contributed by atoms with van der Waals surface area (Å²) in [4.78, 5) is 2.56. The van der Waals surface area contributed by atoms with Gasteiger partial charge in [0, 0.05) is 18.7 Å². The van der Waals surface area contributed by atoms with Crippen molar-refractivity contribution in [2.24, 2.45) is 11.8 Å². The number of methoxy groups -OCH3 is 1. The number of hydrogen-bond donors (Lipinski definition) is 1. The molecule has 5 rings (SSSR count). The van der Waals surface area contributed by atoms with Crippen LogP contribution in [0.1, 0.15) is 30.9 Å². The molecule has 0 amide bonds. The number of hydrogen-bond acceptors (Lipinski definition) is 3. The molecule has 2 heterocycles. The van der Waals surface area contributed by atoms with Crippen molar-refractivity contribution in [3.63, 3.8) is 0 Å². The molecule has 0 radical (unpaired) electrons. The summed E-state index contributed by atoms with van der Waals surface area (Å²) >= 11 is 0. The van der Waals surface area contributed by atoms with Crippen LogP contribution < -0.4 is 4.74 Å². The number of nitrogens with zero attached hydrogens (tertiary/aromatic N) is 1. The summed E-state index contributed by atoms with van der Waals surface area (Å²) < 4.78 is 5.46. The quantitative estimate of drug-likeness (QED) is 0.905. The number of aliphatic hydroxyl groups excluding tert-OH is 1. The first-order valence-electron chi connectivity index (χ1n) is 8.08. The van der Waals surface area contributed by atoms with E-state index in [0.717, 1.165) is 18.6 Å². The minimum absolute atomic E-state index is 0.246. The third-order valence-corrected chi connectivity index (χ3v) is 6.66. The topological polar surface area (TPSA) is 32.7 Å². The molecule has 0 aromatic heterocycles. The molecule has 114 valence electrons. The van der Waals surface area contributed by atoms with Crippen molar-refractivity contribution in [2.45, 2.75) is 43.7 Å². The first-order valence-corrected chi connectivity index (χ1v) is 8.08. The van der Waals surface area contributed by atoms with Gasteiger partial charge >= 0.3 is 0 Å². The number of likely N-dealkylation sites (N-methyl/N-ethyl adjacent to an activating group) is 1. The zero-order valence-corrected chi connectivity index (χ0v) is 13.2. The van der Waals surface area contributed by atoms with Crippen molar-refractivity contribution in [1.29, 1.82) is 0 Å². The second kappa shape index (κ2) is 4.47. The maximum atomic E-state index is 9.71. The van der Waals surface area contributed by atoms with Gasteiger partial charge in [-0.05, 0) is 66.8 Å². The van der Waals surface area contributed by atoms with Gasteiger partial charge in [-0.25, -0.2) is 0 Å². The van der Waals surface area contributed by atoms with Crippen LogP contribution in [0.3, 0.4) is 0 Å². The first kappa shape index (κ1) is 13.6. The van der Waals surface area contributed by atoms with E-state index in [9.17, 15) is 5.11 Å². The van der Waals surface area contributed by atoms with Crippen LogP contribution in [0.15, 0.2) is 18.2 Å². The van der Waals surface area contributed by atoms with Crippen LogP contribution in [0.2, 0.25) is 0 Å². The fraction of sp³-hybridized carbons (Fsp3) is 0.667. The molecule has 3 heteroatoms. The number of aliphatic hydroxyl groups is 1. The van der Waals surface area contributed by atoms with Crippen LogP contribution in [0.5, 0.6) is 5.75 Å². The Morgan fingerprint density at radius 2 is 2.19 bits per heavy atom. The van der Waals surface area contributed by atoms with E-state index in [0.29, 0.717) is 30.5 Å². The molecule has 5 atom stereocenters. The molecule has 1 N–H and O–H groups in total. The fourth-order valence-electron chi connectivity index (χ4n) is 5.49. The monoisotopic (exact) mass is 287 g/mol. The van der Waals surface area contributed by atoms with Crippen molar-refractivity contribution in [3.8, 4) is 5.75 Å². The van der Waals surface area contributed by atoms with Crippen molar-refractivity contribution in [3.05, 3.63) is 29.3 Å². The van der Waals surface area contributed by atoms with Gasteiger partial charge in [-0.2, -0.15) is 0 Å². The van der Waals surface area contributed by atoms with E-state index in [1.165, 1.54) is 17.5 Å². The third kappa shape index (κ3) is 1.68. The fourth-order valence-corrected chi connectivity index (χ4v) is 5.49. The van der Waals surface area contributed by atoms with Crippen LogP contribution >= 0.6 is 0 Å². The Balaban J connectivity index is 1.83. The molecule has 2 aliphatic heterocycles. The van der Waals surface area contributed by atoms with Crippen molar-refractivity contribution < 1.29 is 9.84 Å². The summed E-state index contributed by atoms with van der Waals surface area (Å²) in [7, 11) is 4.01. The number of piperidine rings is 2. The molecule has 5 unspecified atom stereocenters. The molecular weight excluding hydrogens is 262 g/mol. The molecule has 0 spiro atoms. The van der Waals surface area contributed by atoms with E-state index in [1.54, 1.807) is 7.11 Å². The second-order valence-electron chi connectivity index (χ2n) is 7.43. The largest absolute Gasteiger partial charge is 0.497 e. The Morgan fingerprint density at radius 3 is 2.90 bits per heavy atom. The Kier molecular flexibility index (Phi) is 2.89. The highest BCUT2D eigenvalue weighted by molar-refractivity contribution is 5.45. The van der Waals surface area contributed by atoms with E-state index >= 15 is 0 Å². The Morgan fingerprint density at radius 1 is 1.38 bits per heavy atom. The number of benzene rings is 1.